The Labute approximate surface area is 114 Å². The second-order valence-corrected chi connectivity index (χ2v) is 4.58. The summed E-state index contributed by atoms with van der Waals surface area (Å²) in [6, 6.07) is 7.13. The van der Waals surface area contributed by atoms with Gasteiger partial charge >= 0.3 is 5.69 Å². The Morgan fingerprint density at radius 1 is 1.15 bits per heavy atom. The van der Waals surface area contributed by atoms with E-state index in [1.807, 2.05) is 16.8 Å². The molecule has 6 nitrogen and oxygen atoms in total. The average Bonchev–Trinajstić information content (AvgIpc) is 2.96. The number of rotatable bonds is 4. The normalized spacial score (nSPS) is 11.0. The summed E-state index contributed by atoms with van der Waals surface area (Å²) in [5, 5.41) is 0.537. The van der Waals surface area contributed by atoms with Crippen LogP contribution in [0.3, 0.4) is 0 Å². The molecule has 102 valence electrons. The summed E-state index contributed by atoms with van der Waals surface area (Å²) in [6.07, 6.45) is 6.13. The molecule has 2 aromatic heterocycles. The predicted octanol–water partition coefficient (Wildman–Crippen LogP) is 0.977. The van der Waals surface area contributed by atoms with Crippen molar-refractivity contribution >= 4 is 10.9 Å². The van der Waals surface area contributed by atoms with E-state index in [1.54, 1.807) is 35.3 Å². The standard InChI is InChI=1S/C14H14N4O2/c19-13-11-4-1-2-5-12(11)18(14(20)16-13)8-3-7-17-9-6-15-10-17/h1-2,4-6,9-10H,3,7-8H2,(H,16,19,20). The van der Waals surface area contributed by atoms with E-state index in [-0.39, 0.29) is 11.2 Å². The molecule has 0 aliphatic carbocycles. The number of hydrogen-bond donors (Lipinski definition) is 1. The fraction of sp³-hybridized carbons (Fsp3) is 0.214. The van der Waals surface area contributed by atoms with Crippen molar-refractivity contribution in [3.05, 3.63) is 63.8 Å². The van der Waals surface area contributed by atoms with Crippen molar-refractivity contribution in [1.82, 2.24) is 19.1 Å². The van der Waals surface area contributed by atoms with Crippen LogP contribution in [0.2, 0.25) is 0 Å². The first-order valence-electron chi connectivity index (χ1n) is 6.43. The number of para-hydroxylation sites is 1. The molecule has 0 unspecified atom stereocenters. The highest BCUT2D eigenvalue weighted by atomic mass is 16.2. The first-order chi connectivity index (χ1) is 9.75. The lowest BCUT2D eigenvalue weighted by atomic mass is 10.2. The first-order valence-corrected chi connectivity index (χ1v) is 6.43. The number of aromatic nitrogens is 4. The highest BCUT2D eigenvalue weighted by molar-refractivity contribution is 5.77. The van der Waals surface area contributed by atoms with Gasteiger partial charge in [0.2, 0.25) is 0 Å². The smallest absolute Gasteiger partial charge is 0.328 e. The zero-order valence-electron chi connectivity index (χ0n) is 10.8. The van der Waals surface area contributed by atoms with Gasteiger partial charge in [0.25, 0.3) is 5.56 Å². The topological polar surface area (TPSA) is 72.7 Å². The molecular weight excluding hydrogens is 256 g/mol. The molecule has 0 aliphatic rings. The summed E-state index contributed by atoms with van der Waals surface area (Å²) in [4.78, 5) is 30.0. The highest BCUT2D eigenvalue weighted by Crippen LogP contribution is 2.07. The zero-order chi connectivity index (χ0) is 13.9. The molecule has 0 radical (unpaired) electrons. The Bertz CT molecular complexity index is 830. The third-order valence-corrected chi connectivity index (χ3v) is 3.26. The van der Waals surface area contributed by atoms with E-state index in [2.05, 4.69) is 9.97 Å². The van der Waals surface area contributed by atoms with Gasteiger partial charge in [-0.25, -0.2) is 9.78 Å². The summed E-state index contributed by atoms with van der Waals surface area (Å²) in [7, 11) is 0. The monoisotopic (exact) mass is 270 g/mol. The minimum absolute atomic E-state index is 0.337. The van der Waals surface area contributed by atoms with Gasteiger partial charge in [-0.3, -0.25) is 14.3 Å². The number of fused-ring (bicyclic) bond motifs is 1. The number of aryl methyl sites for hydroxylation is 2. The third kappa shape index (κ3) is 2.27. The van der Waals surface area contributed by atoms with Gasteiger partial charge in [-0.1, -0.05) is 12.1 Å². The molecule has 0 bridgehead atoms. The van der Waals surface area contributed by atoms with E-state index in [1.165, 1.54) is 0 Å². The summed E-state index contributed by atoms with van der Waals surface area (Å²) < 4.78 is 3.56. The van der Waals surface area contributed by atoms with E-state index >= 15 is 0 Å². The molecule has 3 aromatic rings. The van der Waals surface area contributed by atoms with E-state index in [9.17, 15) is 9.59 Å². The minimum Gasteiger partial charge on any atom is -0.337 e. The van der Waals surface area contributed by atoms with Crippen LogP contribution >= 0.6 is 0 Å². The maximum atomic E-state index is 11.9. The molecule has 1 N–H and O–H groups in total. The van der Waals surface area contributed by atoms with Crippen LogP contribution in [-0.2, 0) is 13.1 Å². The Hall–Kier alpha value is -2.63. The number of hydrogen-bond acceptors (Lipinski definition) is 3. The van der Waals surface area contributed by atoms with Crippen molar-refractivity contribution in [3.63, 3.8) is 0 Å². The van der Waals surface area contributed by atoms with Crippen LogP contribution in [0.1, 0.15) is 6.42 Å². The van der Waals surface area contributed by atoms with Crippen molar-refractivity contribution in [3.8, 4) is 0 Å². The van der Waals surface area contributed by atoms with Gasteiger partial charge in [-0.15, -0.1) is 0 Å². The van der Waals surface area contributed by atoms with Crippen molar-refractivity contribution in [2.45, 2.75) is 19.5 Å². The molecule has 6 heteroatoms. The molecule has 20 heavy (non-hydrogen) atoms. The van der Waals surface area contributed by atoms with Gasteiger partial charge in [-0.2, -0.15) is 0 Å². The molecule has 3 rings (SSSR count). The summed E-state index contributed by atoms with van der Waals surface area (Å²) in [5.74, 6) is 0. The summed E-state index contributed by atoms with van der Waals surface area (Å²) in [5.41, 5.74) is -0.0253. The van der Waals surface area contributed by atoms with Crippen molar-refractivity contribution in [1.29, 1.82) is 0 Å². The molecule has 2 heterocycles. The molecule has 0 spiro atoms. The lowest BCUT2D eigenvalue weighted by Crippen LogP contribution is -2.30. The van der Waals surface area contributed by atoms with E-state index < -0.39 is 0 Å². The van der Waals surface area contributed by atoms with Crippen LogP contribution in [0.4, 0.5) is 0 Å². The van der Waals surface area contributed by atoms with Crippen LogP contribution < -0.4 is 11.2 Å². The summed E-state index contributed by atoms with van der Waals surface area (Å²) in [6.45, 7) is 1.33. The van der Waals surface area contributed by atoms with Gasteiger partial charge in [0.1, 0.15) is 0 Å². The minimum atomic E-state index is -0.362. The number of imidazole rings is 1. The SMILES string of the molecule is O=c1[nH]c(=O)n(CCCn2ccnc2)c2ccccc12. The maximum absolute atomic E-state index is 11.9. The quantitative estimate of drug-likeness (QED) is 0.768. The largest absolute Gasteiger partial charge is 0.337 e. The Morgan fingerprint density at radius 3 is 2.80 bits per heavy atom. The lowest BCUT2D eigenvalue weighted by molar-refractivity contribution is 0.556. The van der Waals surface area contributed by atoms with Crippen LogP contribution in [0.15, 0.2) is 52.6 Å². The molecule has 0 saturated carbocycles. The number of benzene rings is 1. The lowest BCUT2D eigenvalue weighted by Gasteiger charge is -2.09. The molecule has 0 saturated heterocycles. The van der Waals surface area contributed by atoms with Crippen LogP contribution in [0.25, 0.3) is 10.9 Å². The fourth-order valence-corrected chi connectivity index (χ4v) is 2.29. The first kappa shape index (κ1) is 12.4. The number of nitrogens with one attached hydrogen (secondary N) is 1. The Morgan fingerprint density at radius 2 is 2.00 bits per heavy atom. The molecule has 0 aliphatic heterocycles. The molecule has 0 atom stereocenters. The molecule has 1 aromatic carbocycles. The van der Waals surface area contributed by atoms with Crippen LogP contribution in [0.5, 0.6) is 0 Å². The van der Waals surface area contributed by atoms with Crippen molar-refractivity contribution in [2.75, 3.05) is 0 Å². The van der Waals surface area contributed by atoms with Gasteiger partial charge in [0.05, 0.1) is 17.2 Å². The van der Waals surface area contributed by atoms with E-state index in [0.717, 1.165) is 13.0 Å². The van der Waals surface area contributed by atoms with Crippen molar-refractivity contribution in [2.24, 2.45) is 0 Å². The van der Waals surface area contributed by atoms with E-state index in [0.29, 0.717) is 17.4 Å². The van der Waals surface area contributed by atoms with Gasteiger partial charge < -0.3 is 4.57 Å². The summed E-state index contributed by atoms with van der Waals surface area (Å²) >= 11 is 0. The van der Waals surface area contributed by atoms with E-state index in [4.69, 9.17) is 0 Å². The van der Waals surface area contributed by atoms with Gasteiger partial charge in [-0.05, 0) is 18.6 Å². The zero-order valence-corrected chi connectivity index (χ0v) is 10.8. The van der Waals surface area contributed by atoms with Crippen molar-refractivity contribution < 1.29 is 0 Å². The molecule has 0 fully saturated rings. The molecule has 0 amide bonds. The highest BCUT2D eigenvalue weighted by Gasteiger charge is 2.06. The Balaban J connectivity index is 1.91. The second-order valence-electron chi connectivity index (χ2n) is 4.58. The number of aromatic amines is 1. The maximum Gasteiger partial charge on any atom is 0.328 e. The number of H-pyrrole nitrogens is 1. The number of nitrogens with zero attached hydrogens (tertiary/aromatic N) is 3. The fourth-order valence-electron chi connectivity index (χ4n) is 2.29. The van der Waals surface area contributed by atoms with Gasteiger partial charge in [0, 0.05) is 25.5 Å². The van der Waals surface area contributed by atoms with Crippen LogP contribution in [0, 0.1) is 0 Å². The second kappa shape index (κ2) is 5.16. The predicted molar refractivity (Wildman–Crippen MR) is 75.7 cm³/mol. The third-order valence-electron chi connectivity index (χ3n) is 3.26. The van der Waals surface area contributed by atoms with Crippen LogP contribution in [-0.4, -0.2) is 19.1 Å². The average molecular weight is 270 g/mol. The van der Waals surface area contributed by atoms with Gasteiger partial charge in [0.15, 0.2) is 0 Å². The Kier molecular flexibility index (Phi) is 3.20. The molecular formula is C14H14N4O2.